The van der Waals surface area contributed by atoms with Crippen LogP contribution in [-0.4, -0.2) is 23.1 Å². The third-order valence-corrected chi connectivity index (χ3v) is 4.21. The van der Waals surface area contributed by atoms with Crippen molar-refractivity contribution in [1.82, 2.24) is 9.97 Å². The Morgan fingerprint density at radius 1 is 1.17 bits per heavy atom. The fourth-order valence-electron chi connectivity index (χ4n) is 2.42. The molecular formula is C14H22ClN3. The highest BCUT2D eigenvalue weighted by Crippen LogP contribution is 2.36. The van der Waals surface area contributed by atoms with Gasteiger partial charge < -0.3 is 4.90 Å². The van der Waals surface area contributed by atoms with E-state index in [0.717, 1.165) is 30.3 Å². The van der Waals surface area contributed by atoms with Crippen LogP contribution in [0.3, 0.4) is 0 Å². The Labute approximate surface area is 115 Å². The molecule has 0 N–H and O–H groups in total. The lowest BCUT2D eigenvalue weighted by atomic mass is 9.80. The van der Waals surface area contributed by atoms with Gasteiger partial charge in [-0.05, 0) is 31.6 Å². The van der Waals surface area contributed by atoms with Crippen LogP contribution in [0.2, 0.25) is 5.15 Å². The molecule has 1 aromatic rings. The molecule has 0 aromatic carbocycles. The molecule has 1 saturated heterocycles. The summed E-state index contributed by atoms with van der Waals surface area (Å²) >= 11 is 6.23. The highest BCUT2D eigenvalue weighted by molar-refractivity contribution is 6.31. The van der Waals surface area contributed by atoms with Crippen molar-refractivity contribution in [2.75, 3.05) is 18.0 Å². The first-order chi connectivity index (χ1) is 8.29. The predicted octanol–water partition coefficient (Wildman–Crippen LogP) is 3.62. The SMILES string of the molecule is Cc1nc(Cl)c(N2CCC(C(C)(C)C)C2)nc1C. The van der Waals surface area contributed by atoms with Crippen LogP contribution in [0.5, 0.6) is 0 Å². The number of rotatable bonds is 1. The van der Waals surface area contributed by atoms with Gasteiger partial charge in [-0.25, -0.2) is 9.97 Å². The number of anilines is 1. The summed E-state index contributed by atoms with van der Waals surface area (Å²) < 4.78 is 0. The Hall–Kier alpha value is -0.830. The van der Waals surface area contributed by atoms with Gasteiger partial charge in [-0.2, -0.15) is 0 Å². The maximum atomic E-state index is 6.23. The molecule has 4 heteroatoms. The third kappa shape index (κ3) is 2.61. The van der Waals surface area contributed by atoms with Gasteiger partial charge in [0.15, 0.2) is 11.0 Å². The van der Waals surface area contributed by atoms with Crippen LogP contribution in [0.4, 0.5) is 5.82 Å². The number of hydrogen-bond acceptors (Lipinski definition) is 3. The van der Waals surface area contributed by atoms with Crippen LogP contribution < -0.4 is 4.90 Å². The molecule has 0 amide bonds. The Balaban J connectivity index is 2.22. The van der Waals surface area contributed by atoms with Gasteiger partial charge in [-0.1, -0.05) is 32.4 Å². The lowest BCUT2D eigenvalue weighted by Crippen LogP contribution is -2.27. The summed E-state index contributed by atoms with van der Waals surface area (Å²) in [4.78, 5) is 11.2. The van der Waals surface area contributed by atoms with E-state index in [9.17, 15) is 0 Å². The first-order valence-corrected chi connectivity index (χ1v) is 6.92. The van der Waals surface area contributed by atoms with E-state index in [-0.39, 0.29) is 0 Å². The molecule has 0 aliphatic carbocycles. The summed E-state index contributed by atoms with van der Waals surface area (Å²) in [5, 5.41) is 0.535. The van der Waals surface area contributed by atoms with Crippen molar-refractivity contribution in [2.24, 2.45) is 11.3 Å². The second kappa shape index (κ2) is 4.69. The van der Waals surface area contributed by atoms with Crippen LogP contribution in [-0.2, 0) is 0 Å². The molecule has 0 saturated carbocycles. The zero-order chi connectivity index (χ0) is 13.5. The van der Waals surface area contributed by atoms with E-state index in [0.29, 0.717) is 16.5 Å². The van der Waals surface area contributed by atoms with Gasteiger partial charge in [0, 0.05) is 13.1 Å². The van der Waals surface area contributed by atoms with Crippen LogP contribution in [0.25, 0.3) is 0 Å². The van der Waals surface area contributed by atoms with Crippen molar-refractivity contribution >= 4 is 17.4 Å². The predicted molar refractivity (Wildman–Crippen MR) is 76.3 cm³/mol. The highest BCUT2D eigenvalue weighted by Gasteiger charge is 2.33. The molecule has 1 fully saturated rings. The molecule has 2 heterocycles. The molecule has 1 aliphatic rings. The zero-order valence-corrected chi connectivity index (χ0v) is 12.7. The molecule has 2 rings (SSSR count). The Bertz CT molecular complexity index is 451. The molecule has 1 unspecified atom stereocenters. The van der Waals surface area contributed by atoms with Gasteiger partial charge in [-0.15, -0.1) is 0 Å². The Morgan fingerprint density at radius 3 is 2.33 bits per heavy atom. The second-order valence-electron chi connectivity index (χ2n) is 6.31. The van der Waals surface area contributed by atoms with Gasteiger partial charge >= 0.3 is 0 Å². The average Bonchev–Trinajstić information content (AvgIpc) is 2.72. The van der Waals surface area contributed by atoms with E-state index in [1.54, 1.807) is 0 Å². The minimum atomic E-state index is 0.342. The number of nitrogens with zero attached hydrogens (tertiary/aromatic N) is 3. The van der Waals surface area contributed by atoms with Crippen molar-refractivity contribution in [3.8, 4) is 0 Å². The van der Waals surface area contributed by atoms with Gasteiger partial charge in [-0.3, -0.25) is 0 Å². The first kappa shape index (κ1) is 13.6. The van der Waals surface area contributed by atoms with E-state index in [1.165, 1.54) is 6.42 Å². The smallest absolute Gasteiger partial charge is 0.171 e. The third-order valence-electron chi connectivity index (χ3n) is 3.96. The van der Waals surface area contributed by atoms with E-state index >= 15 is 0 Å². The monoisotopic (exact) mass is 267 g/mol. The van der Waals surface area contributed by atoms with Crippen molar-refractivity contribution in [3.63, 3.8) is 0 Å². The first-order valence-electron chi connectivity index (χ1n) is 6.54. The number of halogens is 1. The van der Waals surface area contributed by atoms with E-state index in [4.69, 9.17) is 11.6 Å². The second-order valence-corrected chi connectivity index (χ2v) is 6.66. The van der Waals surface area contributed by atoms with E-state index in [2.05, 4.69) is 35.6 Å². The van der Waals surface area contributed by atoms with Crippen molar-refractivity contribution in [2.45, 2.75) is 41.0 Å². The van der Waals surface area contributed by atoms with Crippen molar-refractivity contribution < 1.29 is 0 Å². The van der Waals surface area contributed by atoms with E-state index in [1.807, 2.05) is 13.8 Å². The van der Waals surface area contributed by atoms with Gasteiger partial charge in [0.05, 0.1) is 11.4 Å². The van der Waals surface area contributed by atoms with E-state index < -0.39 is 0 Å². The molecule has 0 radical (unpaired) electrons. The summed E-state index contributed by atoms with van der Waals surface area (Å²) in [6, 6.07) is 0. The van der Waals surface area contributed by atoms with Crippen LogP contribution in [0, 0.1) is 25.2 Å². The Morgan fingerprint density at radius 2 is 1.78 bits per heavy atom. The van der Waals surface area contributed by atoms with Crippen LogP contribution in [0.15, 0.2) is 0 Å². The van der Waals surface area contributed by atoms with Crippen LogP contribution in [0.1, 0.15) is 38.6 Å². The molecule has 100 valence electrons. The Kier molecular flexibility index (Phi) is 3.54. The molecule has 0 bridgehead atoms. The summed E-state index contributed by atoms with van der Waals surface area (Å²) in [6.45, 7) is 12.9. The quantitative estimate of drug-likeness (QED) is 0.778. The minimum Gasteiger partial charge on any atom is -0.354 e. The molecular weight excluding hydrogens is 246 g/mol. The fraction of sp³-hybridized carbons (Fsp3) is 0.714. The number of aromatic nitrogens is 2. The standard InChI is InChI=1S/C14H22ClN3/c1-9-10(2)17-13(12(15)16-9)18-7-6-11(8-18)14(3,4)5/h11H,6-8H2,1-5H3. The lowest BCUT2D eigenvalue weighted by Gasteiger charge is -2.27. The lowest BCUT2D eigenvalue weighted by molar-refractivity contribution is 0.263. The van der Waals surface area contributed by atoms with Gasteiger partial charge in [0.25, 0.3) is 0 Å². The molecule has 0 spiro atoms. The summed E-state index contributed by atoms with van der Waals surface area (Å²) in [5.41, 5.74) is 2.22. The zero-order valence-electron chi connectivity index (χ0n) is 11.9. The summed E-state index contributed by atoms with van der Waals surface area (Å²) in [5.74, 6) is 1.54. The number of hydrogen-bond donors (Lipinski definition) is 0. The fourth-order valence-corrected chi connectivity index (χ4v) is 2.71. The molecule has 3 nitrogen and oxygen atoms in total. The van der Waals surface area contributed by atoms with Crippen molar-refractivity contribution in [1.29, 1.82) is 0 Å². The van der Waals surface area contributed by atoms with Crippen molar-refractivity contribution in [3.05, 3.63) is 16.5 Å². The van der Waals surface area contributed by atoms with Gasteiger partial charge in [0.1, 0.15) is 0 Å². The maximum absolute atomic E-state index is 6.23. The normalized spacial score (nSPS) is 20.6. The minimum absolute atomic E-state index is 0.342. The molecule has 1 aliphatic heterocycles. The summed E-state index contributed by atoms with van der Waals surface area (Å²) in [6.07, 6.45) is 1.20. The number of aryl methyl sites for hydroxylation is 2. The van der Waals surface area contributed by atoms with Gasteiger partial charge in [0.2, 0.25) is 0 Å². The largest absolute Gasteiger partial charge is 0.354 e. The maximum Gasteiger partial charge on any atom is 0.171 e. The molecule has 18 heavy (non-hydrogen) atoms. The van der Waals surface area contributed by atoms with Crippen LogP contribution >= 0.6 is 11.6 Å². The topological polar surface area (TPSA) is 29.0 Å². The molecule has 1 aromatic heterocycles. The average molecular weight is 268 g/mol. The highest BCUT2D eigenvalue weighted by atomic mass is 35.5. The molecule has 1 atom stereocenters. The summed E-state index contributed by atoms with van der Waals surface area (Å²) in [7, 11) is 0.